The van der Waals surface area contributed by atoms with Crippen LogP contribution in [-0.4, -0.2) is 42.8 Å². The number of amides is 1. The van der Waals surface area contributed by atoms with E-state index in [1.54, 1.807) is 36.1 Å². The van der Waals surface area contributed by atoms with Crippen LogP contribution in [0.25, 0.3) is 0 Å². The van der Waals surface area contributed by atoms with E-state index >= 15 is 0 Å². The quantitative estimate of drug-likeness (QED) is 0.751. The van der Waals surface area contributed by atoms with Crippen LogP contribution in [-0.2, 0) is 9.47 Å². The molecule has 0 bridgehead atoms. The van der Waals surface area contributed by atoms with Crippen molar-refractivity contribution in [2.45, 2.75) is 26.9 Å². The molecule has 1 rings (SSSR count). The minimum absolute atomic E-state index is 0.0424. The molecular formula is C15H21NO4. The van der Waals surface area contributed by atoms with E-state index in [4.69, 9.17) is 9.47 Å². The van der Waals surface area contributed by atoms with Gasteiger partial charge in [0.25, 0.3) is 0 Å². The molecule has 0 aromatic heterocycles. The van der Waals surface area contributed by atoms with Crippen LogP contribution >= 0.6 is 0 Å². The predicted molar refractivity (Wildman–Crippen MR) is 75.6 cm³/mol. The molecule has 0 fully saturated rings. The highest BCUT2D eigenvalue weighted by atomic mass is 16.6. The van der Waals surface area contributed by atoms with Crippen LogP contribution in [0.15, 0.2) is 30.3 Å². The number of benzene rings is 1. The van der Waals surface area contributed by atoms with Crippen molar-refractivity contribution < 1.29 is 19.1 Å². The maximum absolute atomic E-state index is 11.7. The average molecular weight is 279 g/mol. The highest BCUT2D eigenvalue weighted by molar-refractivity contribution is 5.89. The molecule has 0 radical (unpaired) electrons. The Balaban J connectivity index is 2.38. The molecule has 20 heavy (non-hydrogen) atoms. The largest absolute Gasteiger partial charge is 0.458 e. The monoisotopic (exact) mass is 279 g/mol. The number of carbonyl (C=O) groups excluding carboxylic acids is 2. The third-order valence-electron chi connectivity index (χ3n) is 2.78. The molecule has 1 aromatic rings. The number of rotatable bonds is 6. The zero-order valence-electron chi connectivity index (χ0n) is 12.2. The van der Waals surface area contributed by atoms with Crippen LogP contribution in [0.4, 0.5) is 4.79 Å². The Morgan fingerprint density at radius 2 is 1.75 bits per heavy atom. The van der Waals surface area contributed by atoms with Gasteiger partial charge in [-0.15, -0.1) is 0 Å². The molecule has 0 aliphatic heterocycles. The summed E-state index contributed by atoms with van der Waals surface area (Å²) in [4.78, 5) is 25.0. The van der Waals surface area contributed by atoms with Gasteiger partial charge in [0.1, 0.15) is 12.7 Å². The molecule has 1 aromatic carbocycles. The zero-order valence-corrected chi connectivity index (χ0v) is 12.2. The lowest BCUT2D eigenvalue weighted by Crippen LogP contribution is -2.34. The average Bonchev–Trinajstić information content (AvgIpc) is 2.47. The van der Waals surface area contributed by atoms with Crippen molar-refractivity contribution in [2.75, 3.05) is 19.7 Å². The molecule has 0 spiro atoms. The Labute approximate surface area is 119 Å². The predicted octanol–water partition coefficient (Wildman–Crippen LogP) is 2.71. The summed E-state index contributed by atoms with van der Waals surface area (Å²) in [5, 5.41) is 0. The molecule has 0 saturated heterocycles. The lowest BCUT2D eigenvalue weighted by Gasteiger charge is -2.21. The van der Waals surface area contributed by atoms with Gasteiger partial charge in [0.15, 0.2) is 0 Å². The van der Waals surface area contributed by atoms with Gasteiger partial charge in [0.05, 0.1) is 5.56 Å². The maximum Gasteiger partial charge on any atom is 0.410 e. The number of ether oxygens (including phenoxy) is 2. The lowest BCUT2D eigenvalue weighted by atomic mass is 10.2. The summed E-state index contributed by atoms with van der Waals surface area (Å²) >= 11 is 0. The van der Waals surface area contributed by atoms with Crippen LogP contribution < -0.4 is 0 Å². The first-order valence-corrected chi connectivity index (χ1v) is 6.76. The molecule has 0 N–H and O–H groups in total. The van der Waals surface area contributed by atoms with E-state index in [2.05, 4.69) is 0 Å². The smallest absolute Gasteiger partial charge is 0.410 e. The molecule has 5 nitrogen and oxygen atoms in total. The second-order valence-corrected chi connectivity index (χ2v) is 4.33. The van der Waals surface area contributed by atoms with Gasteiger partial charge >= 0.3 is 12.1 Å². The fraction of sp³-hybridized carbons (Fsp3) is 0.467. The first kappa shape index (κ1) is 16.0. The van der Waals surface area contributed by atoms with Crippen LogP contribution in [0.2, 0.25) is 0 Å². The first-order chi connectivity index (χ1) is 9.58. The minimum atomic E-state index is -0.476. The molecule has 0 saturated carbocycles. The molecule has 1 amide bonds. The van der Waals surface area contributed by atoms with Crippen molar-refractivity contribution in [3.63, 3.8) is 0 Å². The Hall–Kier alpha value is -2.04. The second-order valence-electron chi connectivity index (χ2n) is 4.33. The Morgan fingerprint density at radius 3 is 2.30 bits per heavy atom. The lowest BCUT2D eigenvalue weighted by molar-refractivity contribution is 0.0139. The number of carbonyl (C=O) groups is 2. The highest BCUT2D eigenvalue weighted by Gasteiger charge is 2.16. The van der Waals surface area contributed by atoms with Crippen LogP contribution in [0.3, 0.4) is 0 Å². The minimum Gasteiger partial charge on any atom is -0.458 e. The Morgan fingerprint density at radius 1 is 1.15 bits per heavy atom. The van der Waals surface area contributed by atoms with Crippen molar-refractivity contribution in [1.29, 1.82) is 0 Å². The van der Waals surface area contributed by atoms with Crippen molar-refractivity contribution >= 4 is 12.1 Å². The van der Waals surface area contributed by atoms with Crippen molar-refractivity contribution in [3.05, 3.63) is 35.9 Å². The summed E-state index contributed by atoms with van der Waals surface area (Å²) in [5.74, 6) is -0.420. The van der Waals surface area contributed by atoms with Gasteiger partial charge in [-0.2, -0.15) is 0 Å². The summed E-state index contributed by atoms with van der Waals surface area (Å²) in [6, 6.07) is 8.70. The van der Waals surface area contributed by atoms with Gasteiger partial charge in [-0.25, -0.2) is 9.59 Å². The molecule has 0 aliphatic rings. The molecule has 1 unspecified atom stereocenters. The van der Waals surface area contributed by atoms with E-state index in [0.29, 0.717) is 18.7 Å². The van der Waals surface area contributed by atoms with Crippen molar-refractivity contribution in [1.82, 2.24) is 4.90 Å². The Bertz CT molecular complexity index is 429. The molecule has 5 heteroatoms. The summed E-state index contributed by atoms with van der Waals surface area (Å²) in [6.07, 6.45) is -0.867. The fourth-order valence-corrected chi connectivity index (χ4v) is 1.61. The third-order valence-corrected chi connectivity index (χ3v) is 2.78. The highest BCUT2D eigenvalue weighted by Crippen LogP contribution is 2.04. The van der Waals surface area contributed by atoms with E-state index in [0.717, 1.165) is 0 Å². The normalized spacial score (nSPS) is 11.6. The van der Waals surface area contributed by atoms with E-state index in [-0.39, 0.29) is 6.61 Å². The van der Waals surface area contributed by atoms with Crippen LogP contribution in [0.5, 0.6) is 0 Å². The standard InChI is InChI=1S/C15H21NO4/c1-4-16(5-2)15(18)20-12(3)11-19-14(17)13-9-7-6-8-10-13/h6-10,12H,4-5,11H2,1-3H3. The van der Waals surface area contributed by atoms with E-state index in [9.17, 15) is 9.59 Å². The summed E-state index contributed by atoms with van der Waals surface area (Å²) < 4.78 is 10.3. The van der Waals surface area contributed by atoms with Crippen LogP contribution in [0.1, 0.15) is 31.1 Å². The first-order valence-electron chi connectivity index (χ1n) is 6.76. The summed E-state index contributed by atoms with van der Waals surface area (Å²) in [5.41, 5.74) is 0.481. The Kier molecular flexibility index (Phi) is 6.56. The topological polar surface area (TPSA) is 55.8 Å². The van der Waals surface area contributed by atoms with Crippen LogP contribution in [0, 0.1) is 0 Å². The van der Waals surface area contributed by atoms with Crippen molar-refractivity contribution in [2.24, 2.45) is 0 Å². The molecule has 1 atom stereocenters. The molecular weight excluding hydrogens is 258 g/mol. The van der Waals surface area contributed by atoms with Gasteiger partial charge in [-0.3, -0.25) is 0 Å². The third kappa shape index (κ3) is 4.91. The number of esters is 1. The van der Waals surface area contributed by atoms with Gasteiger partial charge in [-0.1, -0.05) is 18.2 Å². The van der Waals surface area contributed by atoms with Gasteiger partial charge in [0, 0.05) is 13.1 Å². The number of hydrogen-bond acceptors (Lipinski definition) is 4. The maximum atomic E-state index is 11.7. The SMILES string of the molecule is CCN(CC)C(=O)OC(C)COC(=O)c1ccccc1. The zero-order chi connectivity index (χ0) is 15.0. The summed E-state index contributed by atoms with van der Waals surface area (Å²) in [6.45, 7) is 6.67. The molecule has 0 aliphatic carbocycles. The van der Waals surface area contributed by atoms with Gasteiger partial charge < -0.3 is 14.4 Å². The van der Waals surface area contributed by atoms with Gasteiger partial charge in [0.2, 0.25) is 0 Å². The molecule has 0 heterocycles. The van der Waals surface area contributed by atoms with Crippen molar-refractivity contribution in [3.8, 4) is 0 Å². The molecule has 110 valence electrons. The number of nitrogens with zero attached hydrogens (tertiary/aromatic N) is 1. The van der Waals surface area contributed by atoms with E-state index in [1.807, 2.05) is 19.9 Å². The van der Waals surface area contributed by atoms with Gasteiger partial charge in [-0.05, 0) is 32.9 Å². The number of hydrogen-bond donors (Lipinski definition) is 0. The summed E-state index contributed by atoms with van der Waals surface area (Å²) in [7, 11) is 0. The fourth-order valence-electron chi connectivity index (χ4n) is 1.61. The second kappa shape index (κ2) is 8.19. The van der Waals surface area contributed by atoms with E-state index in [1.165, 1.54) is 0 Å². The van der Waals surface area contributed by atoms with E-state index < -0.39 is 18.2 Å².